The Balaban J connectivity index is 1.20. The third-order valence-electron chi connectivity index (χ3n) is 5.80. The lowest BCUT2D eigenvalue weighted by Crippen LogP contribution is -2.49. The van der Waals surface area contributed by atoms with Crippen LogP contribution in [0.4, 0.5) is 5.82 Å². The molecule has 1 aliphatic carbocycles. The summed E-state index contributed by atoms with van der Waals surface area (Å²) in [5, 5.41) is 8.78. The first-order valence-electron chi connectivity index (χ1n) is 10.3. The fraction of sp³-hybridized carbons (Fsp3) is 0.292. The van der Waals surface area contributed by atoms with Gasteiger partial charge in [-0.25, -0.2) is 0 Å². The molecule has 1 aliphatic heterocycles. The van der Waals surface area contributed by atoms with E-state index in [2.05, 4.69) is 39.4 Å². The van der Waals surface area contributed by atoms with Crippen molar-refractivity contribution >= 4 is 11.7 Å². The highest BCUT2D eigenvalue weighted by Crippen LogP contribution is 2.38. The number of carbonyl (C=O) groups excluding carboxylic acids is 1. The summed E-state index contributed by atoms with van der Waals surface area (Å²) in [6.45, 7) is 2.97. The monoisotopic (exact) mass is 384 g/mol. The minimum Gasteiger partial charge on any atom is -0.352 e. The minimum absolute atomic E-state index is 0.0967. The maximum absolute atomic E-state index is 12.9. The summed E-state index contributed by atoms with van der Waals surface area (Å²) >= 11 is 0. The summed E-state index contributed by atoms with van der Waals surface area (Å²) in [6, 6.07) is 22.3. The molecule has 146 valence electrons. The third kappa shape index (κ3) is 3.86. The number of hydrogen-bond acceptors (Lipinski definition) is 4. The Morgan fingerprint density at radius 1 is 0.759 bits per heavy atom. The van der Waals surface area contributed by atoms with Crippen molar-refractivity contribution in [3.8, 4) is 11.1 Å². The van der Waals surface area contributed by atoms with Crippen molar-refractivity contribution in [1.29, 1.82) is 0 Å². The van der Waals surface area contributed by atoms with Crippen LogP contribution < -0.4 is 4.90 Å². The van der Waals surface area contributed by atoms with E-state index in [0.717, 1.165) is 41.3 Å². The van der Waals surface area contributed by atoms with Gasteiger partial charge in [0.25, 0.3) is 5.91 Å². The fourth-order valence-corrected chi connectivity index (χ4v) is 3.86. The molecule has 0 bridgehead atoms. The SMILES string of the molecule is O=C(c1ccc(-c2ccccc2)cc1)N1CCN(c2ccc(C3CC3)nn2)CC1. The van der Waals surface area contributed by atoms with Gasteiger partial charge in [0.05, 0.1) is 5.69 Å². The van der Waals surface area contributed by atoms with Gasteiger partial charge < -0.3 is 9.80 Å². The van der Waals surface area contributed by atoms with E-state index in [1.165, 1.54) is 12.8 Å². The van der Waals surface area contributed by atoms with Crippen LogP contribution in [0.15, 0.2) is 66.7 Å². The van der Waals surface area contributed by atoms with Gasteiger partial charge in [0, 0.05) is 37.7 Å². The van der Waals surface area contributed by atoms with Crippen LogP contribution in [-0.4, -0.2) is 47.2 Å². The van der Waals surface area contributed by atoms with Crippen LogP contribution in [0, 0.1) is 0 Å². The van der Waals surface area contributed by atoms with Crippen LogP contribution >= 0.6 is 0 Å². The van der Waals surface area contributed by atoms with E-state index in [0.29, 0.717) is 19.0 Å². The van der Waals surface area contributed by atoms with Crippen LogP contribution in [0.5, 0.6) is 0 Å². The zero-order chi connectivity index (χ0) is 19.6. The van der Waals surface area contributed by atoms with Crippen molar-refractivity contribution in [1.82, 2.24) is 15.1 Å². The molecule has 2 aliphatic rings. The van der Waals surface area contributed by atoms with Gasteiger partial charge in [0.1, 0.15) is 0 Å². The maximum atomic E-state index is 12.9. The zero-order valence-corrected chi connectivity index (χ0v) is 16.4. The van der Waals surface area contributed by atoms with E-state index in [4.69, 9.17) is 0 Å². The molecule has 1 saturated carbocycles. The molecule has 5 heteroatoms. The molecule has 2 heterocycles. The molecule has 1 amide bonds. The molecule has 0 unspecified atom stereocenters. The van der Waals surface area contributed by atoms with Crippen molar-refractivity contribution in [3.05, 3.63) is 78.0 Å². The highest BCUT2D eigenvalue weighted by molar-refractivity contribution is 5.94. The molecule has 0 N–H and O–H groups in total. The molecule has 2 aromatic carbocycles. The molecule has 5 rings (SSSR count). The molecule has 0 radical (unpaired) electrons. The number of rotatable bonds is 4. The van der Waals surface area contributed by atoms with E-state index < -0.39 is 0 Å². The lowest BCUT2D eigenvalue weighted by Gasteiger charge is -2.35. The van der Waals surface area contributed by atoms with Crippen molar-refractivity contribution in [3.63, 3.8) is 0 Å². The van der Waals surface area contributed by atoms with Crippen molar-refractivity contribution in [2.24, 2.45) is 0 Å². The third-order valence-corrected chi connectivity index (χ3v) is 5.80. The first kappa shape index (κ1) is 17.9. The van der Waals surface area contributed by atoms with Crippen molar-refractivity contribution in [2.45, 2.75) is 18.8 Å². The van der Waals surface area contributed by atoms with Gasteiger partial charge in [-0.05, 0) is 48.2 Å². The Morgan fingerprint density at radius 3 is 2.07 bits per heavy atom. The van der Waals surface area contributed by atoms with Crippen molar-refractivity contribution < 1.29 is 4.79 Å². The van der Waals surface area contributed by atoms with Crippen LogP contribution in [0.1, 0.15) is 34.8 Å². The topological polar surface area (TPSA) is 49.3 Å². The van der Waals surface area contributed by atoms with Gasteiger partial charge in [-0.1, -0.05) is 42.5 Å². The largest absolute Gasteiger partial charge is 0.352 e. The number of benzene rings is 2. The van der Waals surface area contributed by atoms with Crippen LogP contribution in [-0.2, 0) is 0 Å². The summed E-state index contributed by atoms with van der Waals surface area (Å²) in [7, 11) is 0. The fourth-order valence-electron chi connectivity index (χ4n) is 3.86. The Labute approximate surface area is 171 Å². The maximum Gasteiger partial charge on any atom is 0.253 e. The first-order chi connectivity index (χ1) is 14.3. The normalized spacial score (nSPS) is 16.7. The summed E-state index contributed by atoms with van der Waals surface area (Å²) in [5.41, 5.74) is 4.14. The second kappa shape index (κ2) is 7.66. The zero-order valence-electron chi connectivity index (χ0n) is 16.4. The lowest BCUT2D eigenvalue weighted by atomic mass is 10.0. The van der Waals surface area contributed by atoms with Crippen molar-refractivity contribution in [2.75, 3.05) is 31.1 Å². The van der Waals surface area contributed by atoms with E-state index in [1.54, 1.807) is 0 Å². The van der Waals surface area contributed by atoms with Gasteiger partial charge in [0.2, 0.25) is 0 Å². The predicted octanol–water partition coefficient (Wildman–Crippen LogP) is 3.98. The van der Waals surface area contributed by atoms with Gasteiger partial charge >= 0.3 is 0 Å². The number of hydrogen-bond donors (Lipinski definition) is 0. The second-order valence-electron chi connectivity index (χ2n) is 7.81. The van der Waals surface area contributed by atoms with Gasteiger partial charge in [0.15, 0.2) is 5.82 Å². The number of carbonyl (C=O) groups is 1. The highest BCUT2D eigenvalue weighted by Gasteiger charge is 2.26. The van der Waals surface area contributed by atoms with E-state index in [9.17, 15) is 4.79 Å². The molecule has 0 spiro atoms. The van der Waals surface area contributed by atoms with Gasteiger partial charge in [-0.15, -0.1) is 5.10 Å². The number of aromatic nitrogens is 2. The average Bonchev–Trinajstić information content (AvgIpc) is 3.65. The average molecular weight is 384 g/mol. The Morgan fingerprint density at radius 2 is 1.45 bits per heavy atom. The smallest absolute Gasteiger partial charge is 0.253 e. The predicted molar refractivity (Wildman–Crippen MR) is 114 cm³/mol. The highest BCUT2D eigenvalue weighted by atomic mass is 16.2. The molecule has 29 heavy (non-hydrogen) atoms. The lowest BCUT2D eigenvalue weighted by molar-refractivity contribution is 0.0746. The minimum atomic E-state index is 0.0967. The number of nitrogens with zero attached hydrogens (tertiary/aromatic N) is 4. The summed E-state index contributed by atoms with van der Waals surface area (Å²) in [6.07, 6.45) is 2.47. The van der Waals surface area contributed by atoms with Crippen LogP contribution in [0.25, 0.3) is 11.1 Å². The Bertz CT molecular complexity index is 974. The first-order valence-corrected chi connectivity index (χ1v) is 10.3. The molecular formula is C24H24N4O. The summed E-state index contributed by atoms with van der Waals surface area (Å²) in [5.74, 6) is 1.63. The standard InChI is InChI=1S/C24H24N4O/c29-24(21-10-6-19(7-11-21)18-4-2-1-3-5-18)28-16-14-27(15-17-28)23-13-12-22(25-26-23)20-8-9-20/h1-7,10-13,20H,8-9,14-17H2. The molecular weight excluding hydrogens is 360 g/mol. The van der Waals surface area contributed by atoms with Gasteiger partial charge in [-0.3, -0.25) is 4.79 Å². The van der Waals surface area contributed by atoms with E-state index in [-0.39, 0.29) is 5.91 Å². The molecule has 0 atom stereocenters. The van der Waals surface area contributed by atoms with E-state index >= 15 is 0 Å². The Kier molecular flexibility index (Phi) is 4.72. The Hall–Kier alpha value is -3.21. The van der Waals surface area contributed by atoms with E-state index in [1.807, 2.05) is 47.4 Å². The number of anilines is 1. The summed E-state index contributed by atoms with van der Waals surface area (Å²) < 4.78 is 0. The number of piperazine rings is 1. The quantitative estimate of drug-likeness (QED) is 0.683. The molecule has 3 aromatic rings. The van der Waals surface area contributed by atoms with Gasteiger partial charge in [-0.2, -0.15) is 5.10 Å². The number of amides is 1. The molecule has 5 nitrogen and oxygen atoms in total. The molecule has 2 fully saturated rings. The summed E-state index contributed by atoms with van der Waals surface area (Å²) in [4.78, 5) is 17.0. The molecule has 1 aromatic heterocycles. The van der Waals surface area contributed by atoms with Crippen LogP contribution in [0.2, 0.25) is 0 Å². The van der Waals surface area contributed by atoms with Crippen LogP contribution in [0.3, 0.4) is 0 Å². The molecule has 1 saturated heterocycles. The second-order valence-corrected chi connectivity index (χ2v) is 7.81.